The van der Waals surface area contributed by atoms with E-state index < -0.39 is 15.2 Å². The van der Waals surface area contributed by atoms with Crippen molar-refractivity contribution in [2.45, 2.75) is 25.3 Å². The zero-order valence-corrected chi connectivity index (χ0v) is 14.5. The average molecular weight is 329 g/mol. The lowest BCUT2D eigenvalue weighted by atomic mass is 9.97. The molecule has 0 amide bonds. The molecule has 21 heavy (non-hydrogen) atoms. The van der Waals surface area contributed by atoms with Crippen LogP contribution in [0.25, 0.3) is 0 Å². The van der Waals surface area contributed by atoms with Gasteiger partial charge in [0, 0.05) is 36.9 Å². The van der Waals surface area contributed by atoms with Crippen LogP contribution < -0.4 is 5.73 Å². The number of nitrogens with two attached hydrogens (primary N) is 1. The molecule has 1 fully saturated rings. The highest BCUT2D eigenvalue weighted by Gasteiger charge is 2.35. The molecule has 1 aromatic carbocycles. The summed E-state index contributed by atoms with van der Waals surface area (Å²) in [5, 5.41) is -0.440. The molecule has 118 valence electrons. The van der Waals surface area contributed by atoms with Gasteiger partial charge in [-0.25, -0.2) is 8.42 Å². The van der Waals surface area contributed by atoms with E-state index in [1.165, 1.54) is 17.4 Å². The van der Waals surface area contributed by atoms with Crippen molar-refractivity contribution in [2.75, 3.05) is 30.9 Å². The summed E-state index contributed by atoms with van der Waals surface area (Å²) in [4.78, 5) is 2.08. The Kier molecular flexibility index (Phi) is 5.35. The standard InChI is InChI=1S/C15H24N2O2S2/c1-11-4-5-12(2)13(8-11)14(9-16)17-6-7-20-10-15(17)21(3,18)19/h4-5,8,14-15H,6-7,9-10,16H2,1-3H3. The van der Waals surface area contributed by atoms with Gasteiger partial charge in [0.15, 0.2) is 9.84 Å². The highest BCUT2D eigenvalue weighted by atomic mass is 32.2. The van der Waals surface area contributed by atoms with Gasteiger partial charge in [0.25, 0.3) is 0 Å². The first kappa shape index (κ1) is 16.8. The van der Waals surface area contributed by atoms with Crippen LogP contribution in [-0.2, 0) is 9.84 Å². The monoisotopic (exact) mass is 328 g/mol. The molecule has 2 atom stereocenters. The molecule has 2 unspecified atom stereocenters. The Bertz CT molecular complexity index is 602. The van der Waals surface area contributed by atoms with Crippen LogP contribution in [0.3, 0.4) is 0 Å². The molecule has 1 aromatic rings. The zero-order valence-electron chi connectivity index (χ0n) is 12.9. The van der Waals surface area contributed by atoms with Crippen molar-refractivity contribution >= 4 is 21.6 Å². The Hall–Kier alpha value is -0.560. The summed E-state index contributed by atoms with van der Waals surface area (Å²) in [7, 11) is -3.11. The number of nitrogens with zero attached hydrogens (tertiary/aromatic N) is 1. The number of hydrogen-bond donors (Lipinski definition) is 1. The van der Waals surface area contributed by atoms with Gasteiger partial charge in [0.2, 0.25) is 0 Å². The number of benzene rings is 1. The molecule has 1 heterocycles. The Labute approximate surface area is 132 Å². The second kappa shape index (κ2) is 6.69. The maximum atomic E-state index is 12.1. The minimum absolute atomic E-state index is 0.0366. The van der Waals surface area contributed by atoms with Crippen molar-refractivity contribution < 1.29 is 8.42 Å². The highest BCUT2D eigenvalue weighted by Crippen LogP contribution is 2.31. The van der Waals surface area contributed by atoms with Gasteiger partial charge in [0.05, 0.1) is 0 Å². The number of hydrogen-bond acceptors (Lipinski definition) is 5. The van der Waals surface area contributed by atoms with Crippen molar-refractivity contribution in [3.05, 3.63) is 34.9 Å². The second-order valence-corrected chi connectivity index (χ2v) is 9.06. The Balaban J connectivity index is 2.41. The van der Waals surface area contributed by atoms with Gasteiger partial charge in [-0.3, -0.25) is 4.90 Å². The van der Waals surface area contributed by atoms with Crippen molar-refractivity contribution in [1.29, 1.82) is 0 Å². The van der Waals surface area contributed by atoms with Gasteiger partial charge in [-0.1, -0.05) is 23.8 Å². The lowest BCUT2D eigenvalue weighted by Gasteiger charge is -2.40. The van der Waals surface area contributed by atoms with Crippen LogP contribution in [0.15, 0.2) is 18.2 Å². The van der Waals surface area contributed by atoms with E-state index in [-0.39, 0.29) is 6.04 Å². The first-order valence-corrected chi connectivity index (χ1v) is 10.2. The minimum Gasteiger partial charge on any atom is -0.329 e. The molecule has 2 N–H and O–H groups in total. The molecule has 1 aliphatic rings. The van der Waals surface area contributed by atoms with E-state index in [2.05, 4.69) is 36.9 Å². The molecule has 2 rings (SSSR count). The summed E-state index contributed by atoms with van der Waals surface area (Å²) in [6.45, 7) is 5.31. The Morgan fingerprint density at radius 1 is 1.43 bits per heavy atom. The fourth-order valence-electron chi connectivity index (χ4n) is 2.88. The van der Waals surface area contributed by atoms with Crippen molar-refractivity contribution in [1.82, 2.24) is 4.90 Å². The van der Waals surface area contributed by atoms with Gasteiger partial charge < -0.3 is 5.73 Å². The summed E-state index contributed by atoms with van der Waals surface area (Å²) in [6, 6.07) is 6.26. The second-order valence-electron chi connectivity index (χ2n) is 5.71. The third-order valence-electron chi connectivity index (χ3n) is 4.04. The molecule has 1 aliphatic heterocycles. The Morgan fingerprint density at radius 3 is 2.76 bits per heavy atom. The molecule has 0 radical (unpaired) electrons. The predicted octanol–water partition coefficient (Wildman–Crippen LogP) is 1.72. The van der Waals surface area contributed by atoms with Crippen LogP contribution in [0, 0.1) is 13.8 Å². The molecule has 4 nitrogen and oxygen atoms in total. The van der Waals surface area contributed by atoms with Gasteiger partial charge in [-0.2, -0.15) is 11.8 Å². The predicted molar refractivity (Wildman–Crippen MR) is 90.4 cm³/mol. The quantitative estimate of drug-likeness (QED) is 0.912. The zero-order chi connectivity index (χ0) is 15.6. The van der Waals surface area contributed by atoms with E-state index in [1.807, 2.05) is 0 Å². The van der Waals surface area contributed by atoms with E-state index in [9.17, 15) is 8.42 Å². The summed E-state index contributed by atoms with van der Waals surface area (Å²) in [5.74, 6) is 1.58. The first-order chi connectivity index (χ1) is 9.84. The molecule has 6 heteroatoms. The maximum absolute atomic E-state index is 12.1. The Morgan fingerprint density at radius 2 is 2.14 bits per heavy atom. The van der Waals surface area contributed by atoms with Gasteiger partial charge in [-0.05, 0) is 25.0 Å². The van der Waals surface area contributed by atoms with Crippen LogP contribution in [-0.4, -0.2) is 49.5 Å². The number of thioether (sulfide) groups is 1. The molecular formula is C15H24N2O2S2. The highest BCUT2D eigenvalue weighted by molar-refractivity contribution is 8.00. The van der Waals surface area contributed by atoms with Crippen LogP contribution >= 0.6 is 11.8 Å². The van der Waals surface area contributed by atoms with E-state index >= 15 is 0 Å². The summed E-state index contributed by atoms with van der Waals surface area (Å²) in [5.41, 5.74) is 9.51. The number of rotatable bonds is 4. The molecule has 0 spiro atoms. The van der Waals surface area contributed by atoms with Crippen LogP contribution in [0.4, 0.5) is 0 Å². The fraction of sp³-hybridized carbons (Fsp3) is 0.600. The van der Waals surface area contributed by atoms with E-state index in [0.29, 0.717) is 12.3 Å². The van der Waals surface area contributed by atoms with Crippen molar-refractivity contribution in [2.24, 2.45) is 5.73 Å². The van der Waals surface area contributed by atoms with Crippen molar-refractivity contribution in [3.63, 3.8) is 0 Å². The normalized spacial score (nSPS) is 22.2. The fourth-order valence-corrected chi connectivity index (χ4v) is 5.80. The summed E-state index contributed by atoms with van der Waals surface area (Å²) < 4.78 is 24.2. The van der Waals surface area contributed by atoms with E-state index in [4.69, 9.17) is 5.73 Å². The molecule has 0 bridgehead atoms. The smallest absolute Gasteiger partial charge is 0.164 e. The molecule has 1 saturated heterocycles. The summed E-state index contributed by atoms with van der Waals surface area (Å²) >= 11 is 1.70. The molecule has 0 aromatic heterocycles. The summed E-state index contributed by atoms with van der Waals surface area (Å²) in [6.07, 6.45) is 1.33. The van der Waals surface area contributed by atoms with Gasteiger partial charge >= 0.3 is 0 Å². The van der Waals surface area contributed by atoms with Gasteiger partial charge in [-0.15, -0.1) is 0 Å². The SMILES string of the molecule is Cc1ccc(C)c(C(CN)N2CCSCC2S(C)(=O)=O)c1. The lowest BCUT2D eigenvalue weighted by molar-refractivity contribution is 0.197. The average Bonchev–Trinajstić information content (AvgIpc) is 2.43. The largest absolute Gasteiger partial charge is 0.329 e. The van der Waals surface area contributed by atoms with Crippen LogP contribution in [0.5, 0.6) is 0 Å². The maximum Gasteiger partial charge on any atom is 0.164 e. The lowest BCUT2D eigenvalue weighted by Crippen LogP contribution is -2.50. The number of aryl methyl sites for hydroxylation is 2. The third kappa shape index (κ3) is 3.80. The van der Waals surface area contributed by atoms with E-state index in [0.717, 1.165) is 17.9 Å². The van der Waals surface area contributed by atoms with E-state index in [1.54, 1.807) is 11.8 Å². The van der Waals surface area contributed by atoms with Crippen LogP contribution in [0.1, 0.15) is 22.7 Å². The third-order valence-corrected chi connectivity index (χ3v) is 6.70. The topological polar surface area (TPSA) is 63.4 Å². The molecule has 0 aliphatic carbocycles. The van der Waals surface area contributed by atoms with Crippen LogP contribution in [0.2, 0.25) is 0 Å². The number of sulfone groups is 1. The molecule has 0 saturated carbocycles. The first-order valence-electron chi connectivity index (χ1n) is 7.14. The minimum atomic E-state index is -3.11. The molecular weight excluding hydrogens is 304 g/mol. The van der Waals surface area contributed by atoms with Gasteiger partial charge in [0.1, 0.15) is 5.37 Å². The van der Waals surface area contributed by atoms with Crippen molar-refractivity contribution in [3.8, 4) is 0 Å².